The lowest BCUT2D eigenvalue weighted by molar-refractivity contribution is -0.147. The minimum absolute atomic E-state index is 0.190. The topological polar surface area (TPSA) is 101 Å². The Morgan fingerprint density at radius 2 is 1.91 bits per heavy atom. The second kappa shape index (κ2) is 5.44. The third kappa shape index (κ3) is 2.73. The molecule has 0 radical (unpaired) electrons. The molecule has 0 atom stereocenters. The third-order valence-electron chi connectivity index (χ3n) is 3.44. The standard InChI is InChI=1S/C15H13N3O4/c19-12(15(5-6-15)13(20)21)18-10-3-1-4-11(9-10)22-14-16-7-2-8-17-14/h1-4,7-9H,5-6H2,(H,18,19)(H,20,21). The summed E-state index contributed by atoms with van der Waals surface area (Å²) in [5, 5.41) is 11.7. The molecule has 112 valence electrons. The van der Waals surface area contributed by atoms with Crippen LogP contribution in [-0.2, 0) is 9.59 Å². The van der Waals surface area contributed by atoms with E-state index < -0.39 is 17.3 Å². The van der Waals surface area contributed by atoms with Gasteiger partial charge in [-0.1, -0.05) is 6.07 Å². The van der Waals surface area contributed by atoms with Gasteiger partial charge in [0.05, 0.1) is 0 Å². The lowest BCUT2D eigenvalue weighted by atomic mass is 10.1. The molecule has 2 N–H and O–H groups in total. The van der Waals surface area contributed by atoms with E-state index in [9.17, 15) is 9.59 Å². The van der Waals surface area contributed by atoms with Crippen LogP contribution in [0, 0.1) is 5.41 Å². The zero-order chi connectivity index (χ0) is 15.6. The number of aliphatic carboxylic acids is 1. The number of rotatable bonds is 5. The van der Waals surface area contributed by atoms with E-state index in [0.717, 1.165) is 0 Å². The van der Waals surface area contributed by atoms with Gasteiger partial charge < -0.3 is 15.2 Å². The predicted molar refractivity (Wildman–Crippen MR) is 76.5 cm³/mol. The van der Waals surface area contributed by atoms with Crippen LogP contribution >= 0.6 is 0 Å². The number of benzene rings is 1. The molecule has 1 aromatic carbocycles. The number of carboxylic acids is 1. The highest BCUT2D eigenvalue weighted by molar-refractivity contribution is 6.10. The fourth-order valence-corrected chi connectivity index (χ4v) is 1.99. The number of carboxylic acid groups (broad SMARTS) is 1. The van der Waals surface area contributed by atoms with Crippen molar-refractivity contribution in [2.45, 2.75) is 12.8 Å². The van der Waals surface area contributed by atoms with Gasteiger partial charge in [-0.15, -0.1) is 0 Å². The summed E-state index contributed by atoms with van der Waals surface area (Å²) >= 11 is 0. The Balaban J connectivity index is 1.72. The van der Waals surface area contributed by atoms with E-state index in [2.05, 4.69) is 15.3 Å². The number of nitrogens with one attached hydrogen (secondary N) is 1. The normalized spacial score (nSPS) is 14.9. The second-order valence-corrected chi connectivity index (χ2v) is 5.00. The van der Waals surface area contributed by atoms with Crippen LogP contribution in [0.3, 0.4) is 0 Å². The molecule has 3 rings (SSSR count). The summed E-state index contributed by atoms with van der Waals surface area (Å²) in [7, 11) is 0. The SMILES string of the molecule is O=C(O)C1(C(=O)Nc2cccc(Oc3ncccn3)c2)CC1. The van der Waals surface area contributed by atoms with Gasteiger partial charge in [-0.2, -0.15) is 0 Å². The van der Waals surface area contributed by atoms with E-state index in [4.69, 9.17) is 9.84 Å². The molecule has 2 aromatic rings. The van der Waals surface area contributed by atoms with Crippen molar-refractivity contribution in [1.29, 1.82) is 0 Å². The van der Waals surface area contributed by atoms with Gasteiger partial charge in [0.2, 0.25) is 5.91 Å². The number of carbonyl (C=O) groups is 2. The maximum absolute atomic E-state index is 12.1. The highest BCUT2D eigenvalue weighted by atomic mass is 16.5. The Morgan fingerprint density at radius 1 is 1.18 bits per heavy atom. The summed E-state index contributed by atoms with van der Waals surface area (Å²) in [6.45, 7) is 0. The average molecular weight is 299 g/mol. The maximum Gasteiger partial charge on any atom is 0.321 e. The van der Waals surface area contributed by atoms with Crippen LogP contribution in [0.2, 0.25) is 0 Å². The maximum atomic E-state index is 12.1. The van der Waals surface area contributed by atoms with E-state index in [-0.39, 0.29) is 6.01 Å². The smallest absolute Gasteiger partial charge is 0.321 e. The number of hydrogen-bond donors (Lipinski definition) is 2. The second-order valence-electron chi connectivity index (χ2n) is 5.00. The molecular formula is C15H13N3O4. The monoisotopic (exact) mass is 299 g/mol. The summed E-state index contributed by atoms with van der Waals surface area (Å²) in [5.74, 6) is -1.15. The van der Waals surface area contributed by atoms with Gasteiger partial charge in [0.15, 0.2) is 0 Å². The Morgan fingerprint density at radius 3 is 2.55 bits per heavy atom. The largest absolute Gasteiger partial charge is 0.480 e. The third-order valence-corrected chi connectivity index (χ3v) is 3.44. The quantitative estimate of drug-likeness (QED) is 0.819. The predicted octanol–water partition coefficient (Wildman–Crippen LogP) is 2.07. The zero-order valence-corrected chi connectivity index (χ0v) is 11.5. The molecule has 1 aliphatic rings. The Labute approximate surface area is 126 Å². The minimum Gasteiger partial charge on any atom is -0.480 e. The number of aromatic nitrogens is 2. The van der Waals surface area contributed by atoms with Crippen LogP contribution in [0.5, 0.6) is 11.8 Å². The Hall–Kier alpha value is -2.96. The first-order valence-electron chi connectivity index (χ1n) is 6.70. The lowest BCUT2D eigenvalue weighted by Crippen LogP contribution is -2.31. The molecule has 22 heavy (non-hydrogen) atoms. The van der Waals surface area contributed by atoms with Crippen LogP contribution in [0.1, 0.15) is 12.8 Å². The fourth-order valence-electron chi connectivity index (χ4n) is 1.99. The molecule has 0 spiro atoms. The van der Waals surface area contributed by atoms with E-state index in [0.29, 0.717) is 24.3 Å². The summed E-state index contributed by atoms with van der Waals surface area (Å²) in [5.41, 5.74) is -0.815. The van der Waals surface area contributed by atoms with Crippen molar-refractivity contribution >= 4 is 17.6 Å². The van der Waals surface area contributed by atoms with E-state index in [1.165, 1.54) is 0 Å². The fraction of sp³-hybridized carbons (Fsp3) is 0.200. The van der Waals surface area contributed by atoms with Gasteiger partial charge in [0.25, 0.3) is 0 Å². The van der Waals surface area contributed by atoms with Crippen molar-refractivity contribution in [3.8, 4) is 11.8 Å². The van der Waals surface area contributed by atoms with Crippen LogP contribution in [0.15, 0.2) is 42.7 Å². The molecule has 1 aromatic heterocycles. The van der Waals surface area contributed by atoms with Crippen LogP contribution < -0.4 is 10.1 Å². The summed E-state index contributed by atoms with van der Waals surface area (Å²) in [4.78, 5) is 31.0. The van der Waals surface area contributed by atoms with E-state index >= 15 is 0 Å². The molecule has 0 aliphatic heterocycles. The molecule has 1 saturated carbocycles. The molecule has 7 heteroatoms. The number of anilines is 1. The lowest BCUT2D eigenvalue weighted by Gasteiger charge is -2.11. The molecule has 1 heterocycles. The summed E-state index contributed by atoms with van der Waals surface area (Å²) in [6.07, 6.45) is 3.83. The number of ether oxygens (including phenoxy) is 1. The zero-order valence-electron chi connectivity index (χ0n) is 11.5. The van der Waals surface area contributed by atoms with Crippen molar-refractivity contribution in [2.24, 2.45) is 5.41 Å². The van der Waals surface area contributed by atoms with E-state index in [1.54, 1.807) is 42.7 Å². The van der Waals surface area contributed by atoms with Gasteiger partial charge in [0.1, 0.15) is 11.2 Å². The van der Waals surface area contributed by atoms with Gasteiger partial charge in [-0.25, -0.2) is 9.97 Å². The first-order valence-corrected chi connectivity index (χ1v) is 6.70. The Bertz CT molecular complexity index is 714. The van der Waals surface area contributed by atoms with Gasteiger partial charge in [0, 0.05) is 24.1 Å². The number of hydrogen-bond acceptors (Lipinski definition) is 5. The van der Waals surface area contributed by atoms with Crippen LogP contribution in [0.25, 0.3) is 0 Å². The highest BCUT2D eigenvalue weighted by Gasteiger charge is 2.57. The van der Waals surface area contributed by atoms with Crippen molar-refractivity contribution in [1.82, 2.24) is 9.97 Å². The highest BCUT2D eigenvalue weighted by Crippen LogP contribution is 2.46. The molecule has 7 nitrogen and oxygen atoms in total. The van der Waals surface area contributed by atoms with Gasteiger partial charge >= 0.3 is 12.0 Å². The van der Waals surface area contributed by atoms with Crippen molar-refractivity contribution in [3.05, 3.63) is 42.7 Å². The first kappa shape index (κ1) is 14.0. The van der Waals surface area contributed by atoms with Crippen molar-refractivity contribution in [3.63, 3.8) is 0 Å². The van der Waals surface area contributed by atoms with Crippen molar-refractivity contribution in [2.75, 3.05) is 5.32 Å². The molecule has 0 bridgehead atoms. The van der Waals surface area contributed by atoms with E-state index in [1.807, 2.05) is 0 Å². The minimum atomic E-state index is -1.28. The van der Waals surface area contributed by atoms with Crippen molar-refractivity contribution < 1.29 is 19.4 Å². The first-order chi connectivity index (χ1) is 10.6. The number of carbonyl (C=O) groups excluding carboxylic acids is 1. The molecule has 1 fully saturated rings. The summed E-state index contributed by atoms with van der Waals surface area (Å²) < 4.78 is 5.46. The average Bonchev–Trinajstić information content (AvgIpc) is 3.30. The van der Waals surface area contributed by atoms with Gasteiger partial charge in [-0.3, -0.25) is 9.59 Å². The Kier molecular flexibility index (Phi) is 3.46. The molecule has 0 unspecified atom stereocenters. The number of amides is 1. The van der Waals surface area contributed by atoms with Crippen LogP contribution in [0.4, 0.5) is 5.69 Å². The van der Waals surface area contributed by atoms with Gasteiger partial charge in [-0.05, 0) is 31.0 Å². The molecule has 0 saturated heterocycles. The number of nitrogens with zero attached hydrogens (tertiary/aromatic N) is 2. The summed E-state index contributed by atoms with van der Waals surface area (Å²) in [6, 6.07) is 8.49. The molecule has 1 aliphatic carbocycles. The van der Waals surface area contributed by atoms with Crippen LogP contribution in [-0.4, -0.2) is 27.0 Å². The molecular weight excluding hydrogens is 286 g/mol. The molecule has 1 amide bonds.